The molecule has 0 aromatic heterocycles. The van der Waals surface area contributed by atoms with Gasteiger partial charge in [-0.3, -0.25) is 9.59 Å². The molecule has 6 nitrogen and oxygen atoms in total. The molecule has 3 rings (SSSR count). The first-order valence-electron chi connectivity index (χ1n) is 8.27. The Morgan fingerprint density at radius 2 is 1.40 bits per heavy atom. The van der Waals surface area contributed by atoms with E-state index in [9.17, 15) is 9.59 Å². The van der Waals surface area contributed by atoms with Crippen molar-refractivity contribution in [1.82, 2.24) is 0 Å². The quantitative estimate of drug-likeness (QED) is 0.779. The van der Waals surface area contributed by atoms with Gasteiger partial charge in [-0.2, -0.15) is 0 Å². The van der Waals surface area contributed by atoms with E-state index >= 15 is 0 Å². The van der Waals surface area contributed by atoms with E-state index in [1.165, 1.54) is 6.92 Å². The van der Waals surface area contributed by atoms with E-state index in [0.29, 0.717) is 6.61 Å². The van der Waals surface area contributed by atoms with Gasteiger partial charge in [-0.25, -0.2) is 0 Å². The van der Waals surface area contributed by atoms with E-state index < -0.39 is 0 Å². The molecule has 25 heavy (non-hydrogen) atoms. The lowest BCUT2D eigenvalue weighted by Gasteiger charge is -2.12. The fraction of sp³-hybridized carbons (Fsp3) is 0.263. The predicted octanol–water partition coefficient (Wildman–Crippen LogP) is 3.51. The van der Waals surface area contributed by atoms with Gasteiger partial charge >= 0.3 is 0 Å². The number of carbonyl (C=O) groups is 2. The zero-order chi connectivity index (χ0) is 17.6. The summed E-state index contributed by atoms with van der Waals surface area (Å²) in [7, 11) is 0. The summed E-state index contributed by atoms with van der Waals surface area (Å²) in [4.78, 5) is 23.0. The van der Waals surface area contributed by atoms with Crippen molar-refractivity contribution in [2.75, 3.05) is 22.6 Å². The summed E-state index contributed by atoms with van der Waals surface area (Å²) in [5, 5.41) is 8.87. The second-order valence-corrected chi connectivity index (χ2v) is 5.95. The van der Waals surface area contributed by atoms with Crippen molar-refractivity contribution >= 4 is 34.6 Å². The maximum absolute atomic E-state index is 12.0. The van der Waals surface area contributed by atoms with Crippen molar-refractivity contribution in [2.45, 2.75) is 25.9 Å². The van der Waals surface area contributed by atoms with Gasteiger partial charge < -0.3 is 20.7 Å². The van der Waals surface area contributed by atoms with Gasteiger partial charge in [0.1, 0.15) is 6.10 Å². The Bertz CT molecular complexity index is 736. The number of benzene rings is 2. The molecular formula is C19H21N3O3. The summed E-state index contributed by atoms with van der Waals surface area (Å²) < 4.78 is 5.37. The lowest BCUT2D eigenvalue weighted by Crippen LogP contribution is -2.26. The summed E-state index contributed by atoms with van der Waals surface area (Å²) in [6, 6.07) is 14.9. The molecule has 1 unspecified atom stereocenters. The standard InChI is InChI=1S/C19H21N3O3/c1-13(23)20-14-4-6-15(7-5-14)21-16-8-10-17(11-9-16)22-19(24)18-3-2-12-25-18/h4-11,18,21H,2-3,12H2,1H3,(H,20,23)(H,22,24). The van der Waals surface area contributed by atoms with Crippen molar-refractivity contribution in [1.29, 1.82) is 0 Å². The lowest BCUT2D eigenvalue weighted by molar-refractivity contribution is -0.124. The molecule has 6 heteroatoms. The maximum Gasteiger partial charge on any atom is 0.253 e. The van der Waals surface area contributed by atoms with E-state index in [2.05, 4.69) is 16.0 Å². The lowest BCUT2D eigenvalue weighted by atomic mass is 10.2. The van der Waals surface area contributed by atoms with E-state index in [1.807, 2.05) is 48.5 Å². The minimum atomic E-state index is -0.333. The molecule has 0 spiro atoms. The minimum Gasteiger partial charge on any atom is -0.368 e. The van der Waals surface area contributed by atoms with Gasteiger partial charge in [0.15, 0.2) is 0 Å². The van der Waals surface area contributed by atoms with E-state index in [1.54, 1.807) is 0 Å². The largest absolute Gasteiger partial charge is 0.368 e. The van der Waals surface area contributed by atoms with Gasteiger partial charge in [0.25, 0.3) is 5.91 Å². The zero-order valence-electron chi connectivity index (χ0n) is 14.0. The molecular weight excluding hydrogens is 318 g/mol. The molecule has 1 saturated heterocycles. The molecule has 1 atom stereocenters. The normalized spacial score (nSPS) is 16.3. The molecule has 1 aliphatic heterocycles. The van der Waals surface area contributed by atoms with Gasteiger partial charge in [0, 0.05) is 36.3 Å². The van der Waals surface area contributed by atoms with Gasteiger partial charge in [0.2, 0.25) is 5.91 Å². The molecule has 130 valence electrons. The summed E-state index contributed by atoms with van der Waals surface area (Å²) in [5.74, 6) is -0.187. The fourth-order valence-electron chi connectivity index (χ4n) is 2.65. The first-order chi connectivity index (χ1) is 12.1. The van der Waals surface area contributed by atoms with Crippen LogP contribution in [-0.4, -0.2) is 24.5 Å². The van der Waals surface area contributed by atoms with Crippen molar-refractivity contribution in [3.05, 3.63) is 48.5 Å². The fourth-order valence-corrected chi connectivity index (χ4v) is 2.65. The molecule has 2 amide bonds. The van der Waals surface area contributed by atoms with Crippen LogP contribution in [0.2, 0.25) is 0 Å². The highest BCUT2D eigenvalue weighted by atomic mass is 16.5. The van der Waals surface area contributed by atoms with Crippen molar-refractivity contribution in [2.24, 2.45) is 0 Å². The molecule has 0 bridgehead atoms. The molecule has 1 heterocycles. The van der Waals surface area contributed by atoms with E-state index in [4.69, 9.17) is 4.74 Å². The van der Waals surface area contributed by atoms with Crippen LogP contribution in [0.3, 0.4) is 0 Å². The zero-order valence-corrected chi connectivity index (χ0v) is 14.0. The summed E-state index contributed by atoms with van der Waals surface area (Å²) in [6.07, 6.45) is 1.38. The van der Waals surface area contributed by atoms with Crippen molar-refractivity contribution in [3.8, 4) is 0 Å². The SMILES string of the molecule is CC(=O)Nc1ccc(Nc2ccc(NC(=O)C3CCCO3)cc2)cc1. The van der Waals surface area contributed by atoms with Crippen LogP contribution in [0, 0.1) is 0 Å². The van der Waals surface area contributed by atoms with Gasteiger partial charge in [-0.1, -0.05) is 0 Å². The van der Waals surface area contributed by atoms with Crippen LogP contribution in [-0.2, 0) is 14.3 Å². The average molecular weight is 339 g/mol. The smallest absolute Gasteiger partial charge is 0.253 e. The average Bonchev–Trinajstić information content (AvgIpc) is 3.13. The second kappa shape index (κ2) is 7.81. The third-order valence-corrected chi connectivity index (χ3v) is 3.87. The molecule has 2 aromatic carbocycles. The van der Waals surface area contributed by atoms with E-state index in [-0.39, 0.29) is 17.9 Å². The third kappa shape index (κ3) is 4.81. The van der Waals surface area contributed by atoms with Crippen molar-refractivity contribution in [3.63, 3.8) is 0 Å². The number of hydrogen-bond acceptors (Lipinski definition) is 4. The molecule has 2 aromatic rings. The van der Waals surface area contributed by atoms with Crippen LogP contribution in [0.5, 0.6) is 0 Å². The van der Waals surface area contributed by atoms with Gasteiger partial charge in [-0.15, -0.1) is 0 Å². The summed E-state index contributed by atoms with van der Waals surface area (Å²) in [5.41, 5.74) is 3.31. The maximum atomic E-state index is 12.0. The first-order valence-corrected chi connectivity index (χ1v) is 8.27. The summed E-state index contributed by atoms with van der Waals surface area (Å²) >= 11 is 0. The number of anilines is 4. The number of rotatable bonds is 5. The monoisotopic (exact) mass is 339 g/mol. The molecule has 0 saturated carbocycles. The van der Waals surface area contributed by atoms with Crippen LogP contribution in [0.25, 0.3) is 0 Å². The predicted molar refractivity (Wildman–Crippen MR) is 98.1 cm³/mol. The highest BCUT2D eigenvalue weighted by Gasteiger charge is 2.23. The Hall–Kier alpha value is -2.86. The topological polar surface area (TPSA) is 79.5 Å². The molecule has 0 aliphatic carbocycles. The molecule has 1 aliphatic rings. The van der Waals surface area contributed by atoms with Crippen molar-refractivity contribution < 1.29 is 14.3 Å². The van der Waals surface area contributed by atoms with E-state index in [0.717, 1.165) is 35.6 Å². The Balaban J connectivity index is 1.56. The molecule has 3 N–H and O–H groups in total. The minimum absolute atomic E-state index is 0.0910. The Kier molecular flexibility index (Phi) is 5.30. The van der Waals surface area contributed by atoms with Gasteiger partial charge in [-0.05, 0) is 61.4 Å². The number of amides is 2. The highest BCUT2D eigenvalue weighted by Crippen LogP contribution is 2.21. The van der Waals surface area contributed by atoms with Crippen LogP contribution in [0.4, 0.5) is 22.7 Å². The first kappa shape index (κ1) is 17.0. The van der Waals surface area contributed by atoms with Crippen LogP contribution in [0.1, 0.15) is 19.8 Å². The number of hydrogen-bond donors (Lipinski definition) is 3. The highest BCUT2D eigenvalue weighted by molar-refractivity contribution is 5.94. The number of nitrogens with one attached hydrogen (secondary N) is 3. The van der Waals surface area contributed by atoms with Crippen LogP contribution in [0.15, 0.2) is 48.5 Å². The number of carbonyl (C=O) groups excluding carboxylic acids is 2. The Morgan fingerprint density at radius 3 is 1.88 bits per heavy atom. The summed E-state index contributed by atoms with van der Waals surface area (Å²) in [6.45, 7) is 2.13. The Morgan fingerprint density at radius 1 is 0.880 bits per heavy atom. The third-order valence-electron chi connectivity index (χ3n) is 3.87. The molecule has 0 radical (unpaired) electrons. The van der Waals surface area contributed by atoms with Crippen LogP contribution >= 0.6 is 0 Å². The number of ether oxygens (including phenoxy) is 1. The molecule has 1 fully saturated rings. The van der Waals surface area contributed by atoms with Crippen LogP contribution < -0.4 is 16.0 Å². The van der Waals surface area contributed by atoms with Gasteiger partial charge in [0.05, 0.1) is 0 Å². The second-order valence-electron chi connectivity index (χ2n) is 5.95. The Labute approximate surface area is 146 Å².